The standard InChI is InChI=1S/C22H23BrClNO3/c23-16-1-3-19(18(24)10-16)27-11-17-2-4-20(28-17)22(26)25-21-14-6-12-5-13(8-14)9-15(21)7-12/h1-4,10,12-15,21H,5-9,11H2,(H,25,26). The first-order valence-electron chi connectivity index (χ1n) is 10.0. The van der Waals surface area contributed by atoms with Gasteiger partial charge in [0.2, 0.25) is 0 Å². The summed E-state index contributed by atoms with van der Waals surface area (Å²) in [6.07, 6.45) is 6.54. The van der Waals surface area contributed by atoms with Gasteiger partial charge in [-0.15, -0.1) is 0 Å². The molecular weight excluding hydrogens is 442 g/mol. The highest BCUT2D eigenvalue weighted by Crippen LogP contribution is 2.53. The quantitative estimate of drug-likeness (QED) is 0.606. The molecule has 4 bridgehead atoms. The van der Waals surface area contributed by atoms with E-state index in [0.29, 0.717) is 40.2 Å². The highest BCUT2D eigenvalue weighted by Gasteiger charge is 2.48. The van der Waals surface area contributed by atoms with Crippen LogP contribution in [0.2, 0.25) is 5.02 Å². The van der Waals surface area contributed by atoms with Crippen LogP contribution in [0.25, 0.3) is 0 Å². The minimum atomic E-state index is -0.106. The summed E-state index contributed by atoms with van der Waals surface area (Å²) >= 11 is 9.54. The van der Waals surface area contributed by atoms with Gasteiger partial charge in [-0.1, -0.05) is 27.5 Å². The van der Waals surface area contributed by atoms with Gasteiger partial charge in [-0.05, 0) is 86.1 Å². The average Bonchev–Trinajstić information content (AvgIpc) is 3.12. The maximum absolute atomic E-state index is 12.7. The van der Waals surface area contributed by atoms with Gasteiger partial charge in [-0.3, -0.25) is 4.79 Å². The molecule has 6 heteroatoms. The molecule has 1 heterocycles. The monoisotopic (exact) mass is 463 g/mol. The minimum absolute atomic E-state index is 0.106. The van der Waals surface area contributed by atoms with Crippen LogP contribution in [0.15, 0.2) is 39.2 Å². The summed E-state index contributed by atoms with van der Waals surface area (Å²) in [5.41, 5.74) is 0. The summed E-state index contributed by atoms with van der Waals surface area (Å²) in [4.78, 5) is 12.7. The Bertz CT molecular complexity index is 868. The molecule has 0 unspecified atom stereocenters. The molecule has 1 N–H and O–H groups in total. The van der Waals surface area contributed by atoms with E-state index in [1.807, 2.05) is 6.07 Å². The van der Waals surface area contributed by atoms with E-state index in [-0.39, 0.29) is 12.5 Å². The Morgan fingerprint density at radius 1 is 1.11 bits per heavy atom. The number of amides is 1. The Kier molecular flexibility index (Phi) is 4.92. The van der Waals surface area contributed by atoms with Gasteiger partial charge < -0.3 is 14.5 Å². The molecule has 148 valence electrons. The van der Waals surface area contributed by atoms with Crippen LogP contribution < -0.4 is 10.1 Å². The number of halogens is 2. The summed E-state index contributed by atoms with van der Waals surface area (Å²) in [7, 11) is 0. The first-order valence-corrected chi connectivity index (χ1v) is 11.2. The SMILES string of the molecule is O=C(NC1C2CC3CC(C2)CC1C3)c1ccc(COc2ccc(Br)cc2Cl)o1. The lowest BCUT2D eigenvalue weighted by Gasteiger charge is -2.54. The third-order valence-electron chi connectivity index (χ3n) is 6.67. The van der Waals surface area contributed by atoms with E-state index in [1.54, 1.807) is 24.3 Å². The van der Waals surface area contributed by atoms with Gasteiger partial charge in [0.1, 0.15) is 18.1 Å². The number of ether oxygens (including phenoxy) is 1. The average molecular weight is 465 g/mol. The van der Waals surface area contributed by atoms with Gasteiger partial charge in [0.25, 0.3) is 5.91 Å². The van der Waals surface area contributed by atoms with Gasteiger partial charge in [-0.2, -0.15) is 0 Å². The molecule has 1 aromatic heterocycles. The molecule has 1 amide bonds. The molecule has 28 heavy (non-hydrogen) atoms. The molecule has 0 radical (unpaired) electrons. The molecule has 0 atom stereocenters. The maximum atomic E-state index is 12.7. The molecule has 0 aliphatic heterocycles. The number of hydrogen-bond acceptors (Lipinski definition) is 3. The summed E-state index contributed by atoms with van der Waals surface area (Å²) in [5.74, 6) is 4.53. The first kappa shape index (κ1) is 18.6. The van der Waals surface area contributed by atoms with Crippen LogP contribution in [-0.2, 0) is 6.61 Å². The van der Waals surface area contributed by atoms with Crippen molar-refractivity contribution in [1.82, 2.24) is 5.32 Å². The largest absolute Gasteiger partial charge is 0.484 e. The molecule has 2 aromatic rings. The molecule has 4 saturated carbocycles. The third-order valence-corrected chi connectivity index (χ3v) is 7.46. The van der Waals surface area contributed by atoms with E-state index in [9.17, 15) is 4.79 Å². The van der Waals surface area contributed by atoms with Crippen LogP contribution in [0, 0.1) is 23.7 Å². The minimum Gasteiger partial charge on any atom is -0.484 e. The van der Waals surface area contributed by atoms with Crippen molar-refractivity contribution in [1.29, 1.82) is 0 Å². The normalized spacial score (nSPS) is 30.4. The molecule has 1 aromatic carbocycles. The van der Waals surface area contributed by atoms with E-state index in [2.05, 4.69) is 21.2 Å². The molecule has 0 spiro atoms. The second-order valence-electron chi connectivity index (χ2n) is 8.56. The van der Waals surface area contributed by atoms with E-state index in [0.717, 1.165) is 16.3 Å². The van der Waals surface area contributed by atoms with Crippen molar-refractivity contribution in [3.63, 3.8) is 0 Å². The molecule has 4 nitrogen and oxygen atoms in total. The highest BCUT2D eigenvalue weighted by molar-refractivity contribution is 9.10. The number of carbonyl (C=O) groups excluding carboxylic acids is 1. The maximum Gasteiger partial charge on any atom is 0.287 e. The second kappa shape index (κ2) is 7.42. The van der Waals surface area contributed by atoms with Crippen LogP contribution in [0.5, 0.6) is 5.75 Å². The van der Waals surface area contributed by atoms with E-state index >= 15 is 0 Å². The van der Waals surface area contributed by atoms with Crippen LogP contribution in [0.3, 0.4) is 0 Å². The van der Waals surface area contributed by atoms with Crippen LogP contribution in [0.4, 0.5) is 0 Å². The molecular formula is C22H23BrClNO3. The van der Waals surface area contributed by atoms with Crippen molar-refractivity contribution in [2.75, 3.05) is 0 Å². The number of rotatable bonds is 5. The van der Waals surface area contributed by atoms with Gasteiger partial charge in [0.05, 0.1) is 5.02 Å². The van der Waals surface area contributed by atoms with E-state index in [1.165, 1.54) is 32.1 Å². The van der Waals surface area contributed by atoms with Gasteiger partial charge in [0.15, 0.2) is 5.76 Å². The molecule has 6 rings (SSSR count). The van der Waals surface area contributed by atoms with Gasteiger partial charge >= 0.3 is 0 Å². The lowest BCUT2D eigenvalue weighted by molar-refractivity contribution is -0.0123. The zero-order valence-electron chi connectivity index (χ0n) is 15.5. The number of furan rings is 1. The van der Waals surface area contributed by atoms with Crippen molar-refractivity contribution >= 4 is 33.4 Å². The van der Waals surface area contributed by atoms with Crippen molar-refractivity contribution < 1.29 is 13.9 Å². The summed E-state index contributed by atoms with van der Waals surface area (Å²) < 4.78 is 12.3. The van der Waals surface area contributed by atoms with Crippen LogP contribution in [0.1, 0.15) is 48.4 Å². The van der Waals surface area contributed by atoms with Crippen molar-refractivity contribution in [3.8, 4) is 5.75 Å². The topological polar surface area (TPSA) is 51.5 Å². The van der Waals surface area contributed by atoms with Crippen molar-refractivity contribution in [2.45, 2.75) is 44.8 Å². The summed E-state index contributed by atoms with van der Waals surface area (Å²) in [5, 5.41) is 3.81. The summed E-state index contributed by atoms with van der Waals surface area (Å²) in [6, 6.07) is 9.28. The second-order valence-corrected chi connectivity index (χ2v) is 9.88. The summed E-state index contributed by atoms with van der Waals surface area (Å²) in [6.45, 7) is 0.229. The fourth-order valence-corrected chi connectivity index (χ4v) is 6.43. The third kappa shape index (κ3) is 3.59. The lowest BCUT2D eigenvalue weighted by Crippen LogP contribution is -2.55. The highest BCUT2D eigenvalue weighted by atomic mass is 79.9. The number of hydrogen-bond donors (Lipinski definition) is 1. The van der Waals surface area contributed by atoms with Crippen LogP contribution >= 0.6 is 27.5 Å². The number of nitrogens with one attached hydrogen (secondary N) is 1. The molecule has 0 saturated heterocycles. The Labute approximate surface area is 178 Å². The zero-order valence-corrected chi connectivity index (χ0v) is 17.8. The van der Waals surface area contributed by atoms with Crippen molar-refractivity contribution in [2.24, 2.45) is 23.7 Å². The van der Waals surface area contributed by atoms with Crippen LogP contribution in [-0.4, -0.2) is 11.9 Å². The van der Waals surface area contributed by atoms with Gasteiger partial charge in [-0.25, -0.2) is 0 Å². The Morgan fingerprint density at radius 3 is 2.50 bits per heavy atom. The number of benzene rings is 1. The van der Waals surface area contributed by atoms with E-state index in [4.69, 9.17) is 20.8 Å². The van der Waals surface area contributed by atoms with E-state index < -0.39 is 0 Å². The fourth-order valence-electron chi connectivity index (χ4n) is 5.70. The van der Waals surface area contributed by atoms with Gasteiger partial charge in [0, 0.05) is 10.5 Å². The molecule has 4 aliphatic rings. The predicted molar refractivity (Wildman–Crippen MR) is 110 cm³/mol. The fraction of sp³-hybridized carbons (Fsp3) is 0.500. The Hall–Kier alpha value is -1.46. The number of carbonyl (C=O) groups is 1. The molecule has 4 fully saturated rings. The molecule has 4 aliphatic carbocycles. The first-order chi connectivity index (χ1) is 13.5. The lowest BCUT2D eigenvalue weighted by atomic mass is 9.54. The smallest absolute Gasteiger partial charge is 0.287 e. The zero-order chi connectivity index (χ0) is 19.3. The predicted octanol–water partition coefficient (Wildman–Crippen LogP) is 5.83. The van der Waals surface area contributed by atoms with Crippen molar-refractivity contribution in [3.05, 3.63) is 51.3 Å². The Morgan fingerprint density at radius 2 is 1.82 bits per heavy atom. The Balaban J connectivity index is 1.20.